The highest BCUT2D eigenvalue weighted by molar-refractivity contribution is 7.92. The molecule has 4 aromatic heterocycles. The number of nitrogen functional groups attached to an aromatic ring is 1. The average Bonchev–Trinajstić information content (AvgIpc) is 3.53. The van der Waals surface area contributed by atoms with Crippen molar-refractivity contribution in [3.63, 3.8) is 0 Å². The fourth-order valence-corrected chi connectivity index (χ4v) is 6.77. The Morgan fingerprint density at radius 3 is 2.65 bits per heavy atom. The molecule has 15 heteroatoms. The number of thiazole rings is 1. The maximum atomic E-state index is 14.4. The zero-order valence-corrected chi connectivity index (χ0v) is 25.3. The van der Waals surface area contributed by atoms with Crippen LogP contribution in [-0.2, 0) is 10.0 Å². The van der Waals surface area contributed by atoms with Crippen LogP contribution < -0.4 is 20.8 Å². The Kier molecular flexibility index (Phi) is 7.07. The van der Waals surface area contributed by atoms with E-state index in [4.69, 9.17) is 27.2 Å². The number of hydrogen-bond acceptors (Lipinski definition) is 9. The molecule has 0 bridgehead atoms. The van der Waals surface area contributed by atoms with E-state index < -0.39 is 27.4 Å². The summed E-state index contributed by atoms with van der Waals surface area (Å²) in [6.45, 7) is 1.84. The van der Waals surface area contributed by atoms with Gasteiger partial charge < -0.3 is 10.5 Å². The SMILES string of the molecule is COc1ccc(-c2nn(C(C)c3cc4scc(Cl)n4c(=O)c3-c3cccc(F)c3)c3ncnc(N)c23)cc1NS(C)(=O)=O. The quantitative estimate of drug-likeness (QED) is 0.242. The van der Waals surface area contributed by atoms with E-state index in [1.165, 1.54) is 47.4 Å². The standard InChI is InChI=1S/C28H23ClFN7O4S2/c1-14(18-11-22-36(21(29)12-42-22)28(38)23(18)15-5-4-6-17(30)9-15)37-27-24(26(31)32-13-33-27)25(34-37)16-7-8-20(41-2)19(10-16)35-43(3,39)40/h4-14,35H,1-3H3,(H2,31,32,33). The van der Waals surface area contributed by atoms with Crippen molar-refractivity contribution in [3.05, 3.63) is 87.1 Å². The fraction of sp³-hybridized carbons (Fsp3) is 0.143. The first kappa shape index (κ1) is 28.6. The molecule has 3 N–H and O–H groups in total. The highest BCUT2D eigenvalue weighted by atomic mass is 35.5. The summed E-state index contributed by atoms with van der Waals surface area (Å²) in [6.07, 6.45) is 2.34. The smallest absolute Gasteiger partial charge is 0.265 e. The van der Waals surface area contributed by atoms with Crippen molar-refractivity contribution in [2.45, 2.75) is 13.0 Å². The lowest BCUT2D eigenvalue weighted by Gasteiger charge is -2.18. The third kappa shape index (κ3) is 5.07. The van der Waals surface area contributed by atoms with Crippen molar-refractivity contribution in [2.24, 2.45) is 0 Å². The van der Waals surface area contributed by atoms with Crippen LogP contribution in [0.2, 0.25) is 5.15 Å². The Balaban J connectivity index is 1.60. The van der Waals surface area contributed by atoms with E-state index in [1.54, 1.807) is 34.3 Å². The number of sulfonamides is 1. The van der Waals surface area contributed by atoms with Crippen molar-refractivity contribution in [3.8, 4) is 28.1 Å². The minimum absolute atomic E-state index is 0.151. The Bertz CT molecular complexity index is 2230. The summed E-state index contributed by atoms with van der Waals surface area (Å²) in [5, 5.41) is 7.19. The molecule has 0 saturated carbocycles. The summed E-state index contributed by atoms with van der Waals surface area (Å²) >= 11 is 7.65. The minimum Gasteiger partial charge on any atom is -0.495 e. The molecule has 0 aliphatic carbocycles. The summed E-state index contributed by atoms with van der Waals surface area (Å²) in [5.41, 5.74) is 8.57. The van der Waals surface area contributed by atoms with Gasteiger partial charge in [0.15, 0.2) is 5.65 Å². The Morgan fingerprint density at radius 1 is 1.14 bits per heavy atom. The maximum Gasteiger partial charge on any atom is 0.265 e. The average molecular weight is 640 g/mol. The Hall–Kier alpha value is -4.53. The maximum absolute atomic E-state index is 14.4. The highest BCUT2D eigenvalue weighted by Gasteiger charge is 2.26. The van der Waals surface area contributed by atoms with Gasteiger partial charge in [-0.05, 0) is 54.4 Å². The lowest BCUT2D eigenvalue weighted by atomic mass is 9.97. The fourth-order valence-electron chi connectivity index (χ4n) is 5.05. The summed E-state index contributed by atoms with van der Waals surface area (Å²) in [5.74, 6) is -0.0428. The van der Waals surface area contributed by atoms with E-state index in [9.17, 15) is 17.6 Å². The topological polar surface area (TPSA) is 146 Å². The molecule has 6 aromatic rings. The van der Waals surface area contributed by atoms with E-state index in [0.717, 1.165) is 6.26 Å². The zero-order valence-electron chi connectivity index (χ0n) is 22.9. The Morgan fingerprint density at radius 2 is 1.93 bits per heavy atom. The van der Waals surface area contributed by atoms with Gasteiger partial charge in [0.05, 0.1) is 36.0 Å². The van der Waals surface area contributed by atoms with Gasteiger partial charge in [0, 0.05) is 10.9 Å². The van der Waals surface area contributed by atoms with Crippen LogP contribution in [-0.4, -0.2) is 45.9 Å². The molecule has 0 aliphatic heterocycles. The number of methoxy groups -OCH3 is 1. The molecule has 220 valence electrons. The number of hydrogen-bond donors (Lipinski definition) is 2. The number of benzene rings is 2. The number of ether oxygens (including phenoxy) is 1. The van der Waals surface area contributed by atoms with Crippen LogP contribution in [0.4, 0.5) is 15.9 Å². The van der Waals surface area contributed by atoms with E-state index in [2.05, 4.69) is 14.7 Å². The van der Waals surface area contributed by atoms with Gasteiger partial charge >= 0.3 is 0 Å². The van der Waals surface area contributed by atoms with Crippen LogP contribution in [0.5, 0.6) is 5.75 Å². The number of aromatic nitrogens is 5. The first-order valence-electron chi connectivity index (χ1n) is 12.7. The molecule has 1 unspecified atom stereocenters. The molecule has 0 amide bonds. The summed E-state index contributed by atoms with van der Waals surface area (Å²) in [7, 11) is -2.20. The number of halogens is 2. The highest BCUT2D eigenvalue weighted by Crippen LogP contribution is 2.38. The molecule has 0 spiro atoms. The molecule has 1 atom stereocenters. The van der Waals surface area contributed by atoms with Crippen LogP contribution in [0.3, 0.4) is 0 Å². The van der Waals surface area contributed by atoms with E-state index in [0.29, 0.717) is 44.0 Å². The molecule has 6 rings (SSSR count). The molecular weight excluding hydrogens is 617 g/mol. The van der Waals surface area contributed by atoms with Crippen molar-refractivity contribution < 1.29 is 17.5 Å². The lowest BCUT2D eigenvalue weighted by Crippen LogP contribution is -2.20. The molecule has 43 heavy (non-hydrogen) atoms. The first-order valence-corrected chi connectivity index (χ1v) is 15.8. The van der Waals surface area contributed by atoms with Crippen LogP contribution in [0.1, 0.15) is 18.5 Å². The van der Waals surface area contributed by atoms with E-state index in [1.807, 2.05) is 13.0 Å². The predicted molar refractivity (Wildman–Crippen MR) is 166 cm³/mol. The van der Waals surface area contributed by atoms with E-state index >= 15 is 0 Å². The zero-order chi connectivity index (χ0) is 30.6. The minimum atomic E-state index is -3.63. The van der Waals surface area contributed by atoms with Gasteiger partial charge in [-0.3, -0.25) is 13.9 Å². The van der Waals surface area contributed by atoms with Crippen molar-refractivity contribution in [1.82, 2.24) is 24.1 Å². The van der Waals surface area contributed by atoms with Crippen molar-refractivity contribution in [2.75, 3.05) is 23.8 Å². The number of fused-ring (bicyclic) bond motifs is 2. The number of pyridine rings is 1. The molecule has 0 saturated heterocycles. The van der Waals surface area contributed by atoms with E-state index in [-0.39, 0.29) is 22.2 Å². The number of anilines is 2. The van der Waals surface area contributed by atoms with Crippen molar-refractivity contribution >= 4 is 60.3 Å². The van der Waals surface area contributed by atoms with Crippen LogP contribution in [0.25, 0.3) is 38.2 Å². The molecule has 4 heterocycles. The third-order valence-corrected chi connectivity index (χ3v) is 8.79. The van der Waals surface area contributed by atoms with Gasteiger partial charge in [-0.25, -0.2) is 27.5 Å². The molecule has 0 radical (unpaired) electrons. The second-order valence-electron chi connectivity index (χ2n) is 9.74. The van der Waals surface area contributed by atoms with Crippen molar-refractivity contribution in [1.29, 1.82) is 0 Å². The molecule has 0 aliphatic rings. The number of nitrogens with two attached hydrogens (primary N) is 1. The predicted octanol–water partition coefficient (Wildman–Crippen LogP) is 5.20. The second-order valence-corrected chi connectivity index (χ2v) is 12.8. The van der Waals surface area contributed by atoms with Gasteiger partial charge in [0.2, 0.25) is 10.0 Å². The number of rotatable bonds is 7. The largest absolute Gasteiger partial charge is 0.495 e. The summed E-state index contributed by atoms with van der Waals surface area (Å²) in [4.78, 5) is 23.1. The van der Waals surface area contributed by atoms with Crippen LogP contribution >= 0.6 is 22.9 Å². The Labute approximate surface area is 253 Å². The number of nitrogens with one attached hydrogen (secondary N) is 1. The van der Waals surface area contributed by atoms with Crippen LogP contribution in [0.15, 0.2) is 65.0 Å². The molecule has 2 aromatic carbocycles. The normalized spacial score (nSPS) is 12.6. The summed E-state index contributed by atoms with van der Waals surface area (Å²) < 4.78 is 49.2. The van der Waals surface area contributed by atoms with Gasteiger partial charge in [0.25, 0.3) is 5.56 Å². The molecule has 0 fully saturated rings. The second kappa shape index (κ2) is 10.6. The number of nitrogens with zero attached hydrogens (tertiary/aromatic N) is 5. The molecule has 11 nitrogen and oxygen atoms in total. The molecular formula is C28H23ClFN7O4S2. The summed E-state index contributed by atoms with van der Waals surface area (Å²) in [6, 6.07) is 11.9. The van der Waals surface area contributed by atoms with Gasteiger partial charge in [-0.2, -0.15) is 5.10 Å². The first-order chi connectivity index (χ1) is 20.5. The van der Waals surface area contributed by atoms with Gasteiger partial charge in [-0.1, -0.05) is 23.7 Å². The third-order valence-electron chi connectivity index (χ3n) is 6.91. The van der Waals surface area contributed by atoms with Gasteiger partial charge in [-0.15, -0.1) is 11.3 Å². The van der Waals surface area contributed by atoms with Crippen LogP contribution in [0, 0.1) is 5.82 Å². The monoisotopic (exact) mass is 639 g/mol. The van der Waals surface area contributed by atoms with Gasteiger partial charge in [0.1, 0.15) is 39.4 Å². The lowest BCUT2D eigenvalue weighted by molar-refractivity contribution is 0.417.